The van der Waals surface area contributed by atoms with Gasteiger partial charge in [-0.15, -0.1) is 24.8 Å². The number of aryl methyl sites for hydroxylation is 1. The zero-order valence-corrected chi connectivity index (χ0v) is 13.8. The van der Waals surface area contributed by atoms with Gasteiger partial charge < -0.3 is 10.6 Å². The van der Waals surface area contributed by atoms with Crippen molar-refractivity contribution in [3.8, 4) is 0 Å². The largest absolute Gasteiger partial charge is 0.333 e. The van der Waals surface area contributed by atoms with Gasteiger partial charge in [0, 0.05) is 12.5 Å². The van der Waals surface area contributed by atoms with Crippen LogP contribution in [0.2, 0.25) is 0 Å². The molecule has 8 heteroatoms. The molecule has 6 nitrogen and oxygen atoms in total. The summed E-state index contributed by atoms with van der Waals surface area (Å²) < 4.78 is 1.91. The Morgan fingerprint density at radius 3 is 2.81 bits per heavy atom. The zero-order valence-electron chi connectivity index (χ0n) is 12.2. The average Bonchev–Trinajstić information content (AvgIpc) is 3.01. The second kappa shape index (κ2) is 7.42. The smallest absolute Gasteiger partial charge is 0.226 e. The summed E-state index contributed by atoms with van der Waals surface area (Å²) in [5.41, 5.74) is 5.77. The summed E-state index contributed by atoms with van der Waals surface area (Å²) in [6.45, 7) is 4.59. The van der Waals surface area contributed by atoms with Gasteiger partial charge in [-0.2, -0.15) is 5.10 Å². The summed E-state index contributed by atoms with van der Waals surface area (Å²) in [6, 6.07) is 0. The maximum atomic E-state index is 12.6. The standard InChI is InChI=1S/C13H21N5O.2ClH/c1-9-15-12-8-17(5-6-18(12)16-9)13(19)11-4-2-3-10(11)7-14;;/h10-11H,2-8,14H2,1H3;2*1H/t10-,11-;;/m1../s1. The molecular formula is C13H23Cl2N5O. The van der Waals surface area contributed by atoms with Crippen LogP contribution in [0, 0.1) is 18.8 Å². The van der Waals surface area contributed by atoms with Crippen LogP contribution in [0.25, 0.3) is 0 Å². The lowest BCUT2D eigenvalue weighted by molar-refractivity contribution is -0.138. The molecule has 1 aliphatic carbocycles. The summed E-state index contributed by atoms with van der Waals surface area (Å²) >= 11 is 0. The summed E-state index contributed by atoms with van der Waals surface area (Å²) in [4.78, 5) is 18.9. The lowest BCUT2D eigenvalue weighted by atomic mass is 9.94. The van der Waals surface area contributed by atoms with Gasteiger partial charge in [-0.1, -0.05) is 6.42 Å². The summed E-state index contributed by atoms with van der Waals surface area (Å²) in [5, 5.41) is 4.32. The molecular weight excluding hydrogens is 313 g/mol. The number of carbonyl (C=O) groups is 1. The molecule has 2 aliphatic rings. The van der Waals surface area contributed by atoms with Crippen LogP contribution in [0.1, 0.15) is 30.9 Å². The van der Waals surface area contributed by atoms with Crippen LogP contribution in [0.15, 0.2) is 0 Å². The van der Waals surface area contributed by atoms with Crippen molar-refractivity contribution in [3.05, 3.63) is 11.6 Å². The Hall–Kier alpha value is -0.850. The van der Waals surface area contributed by atoms with Crippen molar-refractivity contribution in [3.63, 3.8) is 0 Å². The Bertz CT molecular complexity index is 493. The first kappa shape index (κ1) is 18.2. The van der Waals surface area contributed by atoms with Gasteiger partial charge in [0.1, 0.15) is 11.6 Å². The van der Waals surface area contributed by atoms with E-state index in [0.717, 1.165) is 44.0 Å². The zero-order chi connectivity index (χ0) is 13.4. The van der Waals surface area contributed by atoms with E-state index in [0.29, 0.717) is 19.0 Å². The van der Waals surface area contributed by atoms with Gasteiger partial charge in [-0.3, -0.25) is 4.79 Å². The van der Waals surface area contributed by atoms with Crippen molar-refractivity contribution < 1.29 is 4.79 Å². The number of hydrogen-bond donors (Lipinski definition) is 1. The highest BCUT2D eigenvalue weighted by Gasteiger charge is 2.36. The van der Waals surface area contributed by atoms with Crippen molar-refractivity contribution in [2.75, 3.05) is 13.1 Å². The number of fused-ring (bicyclic) bond motifs is 1. The average molecular weight is 336 g/mol. The van der Waals surface area contributed by atoms with Gasteiger partial charge in [0.05, 0.1) is 13.1 Å². The number of carbonyl (C=O) groups excluding carboxylic acids is 1. The summed E-state index contributed by atoms with van der Waals surface area (Å²) in [6.07, 6.45) is 3.21. The fourth-order valence-electron chi connectivity index (χ4n) is 3.33. The molecule has 120 valence electrons. The van der Waals surface area contributed by atoms with Crippen LogP contribution >= 0.6 is 24.8 Å². The van der Waals surface area contributed by atoms with E-state index >= 15 is 0 Å². The highest BCUT2D eigenvalue weighted by atomic mass is 35.5. The maximum absolute atomic E-state index is 12.6. The third-order valence-corrected chi connectivity index (χ3v) is 4.36. The van der Waals surface area contributed by atoms with Crippen molar-refractivity contribution >= 4 is 30.7 Å². The minimum Gasteiger partial charge on any atom is -0.333 e. The van der Waals surface area contributed by atoms with E-state index in [4.69, 9.17) is 5.73 Å². The molecule has 0 bridgehead atoms. The monoisotopic (exact) mass is 335 g/mol. The minimum atomic E-state index is 0. The molecule has 3 rings (SSSR count). The Morgan fingerprint density at radius 1 is 1.33 bits per heavy atom. The van der Waals surface area contributed by atoms with Gasteiger partial charge in [0.25, 0.3) is 0 Å². The quantitative estimate of drug-likeness (QED) is 0.879. The molecule has 1 amide bonds. The summed E-state index contributed by atoms with van der Waals surface area (Å²) in [7, 11) is 0. The fourth-order valence-corrected chi connectivity index (χ4v) is 3.33. The fraction of sp³-hybridized carbons (Fsp3) is 0.769. The molecule has 1 fully saturated rings. The normalized spacial score (nSPS) is 24.0. The predicted molar refractivity (Wildman–Crippen MR) is 84.6 cm³/mol. The van der Waals surface area contributed by atoms with Crippen LogP contribution in [-0.4, -0.2) is 38.7 Å². The molecule has 0 unspecified atom stereocenters. The molecule has 2 heterocycles. The van der Waals surface area contributed by atoms with Crippen LogP contribution < -0.4 is 5.73 Å². The highest BCUT2D eigenvalue weighted by molar-refractivity contribution is 5.85. The minimum absolute atomic E-state index is 0. The van der Waals surface area contributed by atoms with E-state index in [1.54, 1.807) is 0 Å². The van der Waals surface area contributed by atoms with E-state index in [9.17, 15) is 4.79 Å². The third kappa shape index (κ3) is 3.49. The van der Waals surface area contributed by atoms with Crippen LogP contribution in [-0.2, 0) is 17.9 Å². The number of aromatic nitrogens is 3. The molecule has 0 radical (unpaired) electrons. The predicted octanol–water partition coefficient (Wildman–Crippen LogP) is 1.15. The Labute approximate surface area is 137 Å². The molecule has 2 N–H and O–H groups in total. The van der Waals surface area contributed by atoms with E-state index < -0.39 is 0 Å². The molecule has 0 saturated heterocycles. The molecule has 0 spiro atoms. The third-order valence-electron chi connectivity index (χ3n) is 4.36. The number of nitrogens with two attached hydrogens (primary N) is 1. The van der Waals surface area contributed by atoms with Gasteiger partial charge in [-0.25, -0.2) is 9.67 Å². The highest BCUT2D eigenvalue weighted by Crippen LogP contribution is 2.33. The second-order valence-corrected chi connectivity index (χ2v) is 5.59. The first-order chi connectivity index (χ1) is 9.19. The topological polar surface area (TPSA) is 77.0 Å². The van der Waals surface area contributed by atoms with Crippen molar-refractivity contribution in [1.82, 2.24) is 19.7 Å². The first-order valence-corrected chi connectivity index (χ1v) is 7.08. The number of amides is 1. The van der Waals surface area contributed by atoms with Crippen molar-refractivity contribution in [1.29, 1.82) is 0 Å². The van der Waals surface area contributed by atoms with E-state index in [1.165, 1.54) is 0 Å². The SMILES string of the molecule is Cc1nc2n(n1)CCN(C(=O)[C@@H]1CCC[C@@H]1CN)C2.Cl.Cl. The lowest BCUT2D eigenvalue weighted by Crippen LogP contribution is -2.43. The van der Waals surface area contributed by atoms with Crippen LogP contribution in [0.5, 0.6) is 0 Å². The molecule has 1 saturated carbocycles. The van der Waals surface area contributed by atoms with Crippen LogP contribution in [0.3, 0.4) is 0 Å². The number of hydrogen-bond acceptors (Lipinski definition) is 4. The van der Waals surface area contributed by atoms with Crippen molar-refractivity contribution in [2.45, 2.75) is 39.3 Å². The van der Waals surface area contributed by atoms with Crippen molar-refractivity contribution in [2.24, 2.45) is 17.6 Å². The Kier molecular flexibility index (Phi) is 6.43. The number of nitrogens with zero attached hydrogens (tertiary/aromatic N) is 4. The number of halogens is 2. The maximum Gasteiger partial charge on any atom is 0.226 e. The van der Waals surface area contributed by atoms with Gasteiger partial charge in [0.2, 0.25) is 5.91 Å². The Morgan fingerprint density at radius 2 is 2.10 bits per heavy atom. The molecule has 2 atom stereocenters. The van der Waals surface area contributed by atoms with Gasteiger partial charge >= 0.3 is 0 Å². The van der Waals surface area contributed by atoms with Gasteiger partial charge in [-0.05, 0) is 32.2 Å². The molecule has 1 aromatic heterocycles. The molecule has 0 aromatic carbocycles. The lowest BCUT2D eigenvalue weighted by Gasteiger charge is -2.30. The van der Waals surface area contributed by atoms with E-state index in [2.05, 4.69) is 10.1 Å². The number of rotatable bonds is 2. The molecule has 1 aliphatic heterocycles. The van der Waals surface area contributed by atoms with Gasteiger partial charge in [0.15, 0.2) is 0 Å². The van der Waals surface area contributed by atoms with E-state index in [1.807, 2.05) is 16.5 Å². The second-order valence-electron chi connectivity index (χ2n) is 5.59. The van der Waals surface area contributed by atoms with E-state index in [-0.39, 0.29) is 36.6 Å². The molecule has 21 heavy (non-hydrogen) atoms. The van der Waals surface area contributed by atoms with Crippen LogP contribution in [0.4, 0.5) is 0 Å². The Balaban J connectivity index is 0.00000110. The first-order valence-electron chi connectivity index (χ1n) is 7.08. The molecule has 1 aromatic rings. The summed E-state index contributed by atoms with van der Waals surface area (Å²) in [5.74, 6) is 2.44.